The highest BCUT2D eigenvalue weighted by atomic mass is 16.5. The Morgan fingerprint density at radius 1 is 0.872 bits per heavy atom. The molecule has 5 heteroatoms. The molecule has 39 heavy (non-hydrogen) atoms. The van der Waals surface area contributed by atoms with Crippen molar-refractivity contribution in [3.8, 4) is 17.2 Å². The lowest BCUT2D eigenvalue weighted by molar-refractivity contribution is 0.102. The molecule has 1 N–H and O–H groups in total. The van der Waals surface area contributed by atoms with Gasteiger partial charge in [0.15, 0.2) is 5.58 Å². The van der Waals surface area contributed by atoms with Crippen molar-refractivity contribution < 1.29 is 13.9 Å². The van der Waals surface area contributed by atoms with E-state index in [0.717, 1.165) is 56.7 Å². The van der Waals surface area contributed by atoms with Crippen LogP contribution < -0.4 is 10.1 Å². The number of benzene rings is 4. The number of hydrogen-bond donors (Lipinski definition) is 1. The number of anilines is 1. The normalized spacial score (nSPS) is 16.2. The van der Waals surface area contributed by atoms with Gasteiger partial charge in [-0.25, -0.2) is 4.98 Å². The summed E-state index contributed by atoms with van der Waals surface area (Å²) in [4.78, 5) is 17.8. The number of amides is 1. The molecular formula is C34H32N2O3. The summed E-state index contributed by atoms with van der Waals surface area (Å²) >= 11 is 0. The Labute approximate surface area is 228 Å². The van der Waals surface area contributed by atoms with Crippen molar-refractivity contribution in [3.63, 3.8) is 0 Å². The third-order valence-corrected chi connectivity index (χ3v) is 7.36. The number of carbonyl (C=O) groups excluding carboxylic acids is 1. The minimum absolute atomic E-state index is 0.148. The van der Waals surface area contributed by atoms with E-state index in [-0.39, 0.29) is 5.91 Å². The molecule has 0 saturated heterocycles. The predicted molar refractivity (Wildman–Crippen MR) is 156 cm³/mol. The molecule has 2 heterocycles. The molecule has 1 unspecified atom stereocenters. The molecule has 196 valence electrons. The first-order valence-electron chi connectivity index (χ1n) is 13.3. The first-order valence-corrected chi connectivity index (χ1v) is 13.3. The van der Waals surface area contributed by atoms with Crippen LogP contribution in [0.5, 0.6) is 5.75 Å². The molecule has 0 bridgehead atoms. The highest BCUT2D eigenvalue weighted by molar-refractivity contribution is 6.05. The van der Waals surface area contributed by atoms with E-state index >= 15 is 0 Å². The zero-order valence-electron chi connectivity index (χ0n) is 23.0. The van der Waals surface area contributed by atoms with Gasteiger partial charge in [0.2, 0.25) is 5.89 Å². The standard InChI is InChI=1S/C34H32N2O3/c1-20-6-10-24(11-7-20)32(37)35-29-17-23(4)15-27-19-34(5,39-31(27)29)18-26-14-22(3)16-28-30(26)38-33(36-28)25-12-8-21(2)9-13-25/h6-17H,18-19H2,1-5H3,(H,35,37). The fraction of sp³-hybridized carbons (Fsp3) is 0.235. The summed E-state index contributed by atoms with van der Waals surface area (Å²) in [6.45, 7) is 10.3. The summed E-state index contributed by atoms with van der Waals surface area (Å²) in [5.74, 6) is 1.21. The topological polar surface area (TPSA) is 64.4 Å². The summed E-state index contributed by atoms with van der Waals surface area (Å²) in [5.41, 5.74) is 10.1. The molecule has 0 fully saturated rings. The molecule has 0 radical (unpaired) electrons. The third-order valence-electron chi connectivity index (χ3n) is 7.36. The Hall–Kier alpha value is -4.38. The Balaban J connectivity index is 1.30. The summed E-state index contributed by atoms with van der Waals surface area (Å²) in [7, 11) is 0. The number of aromatic nitrogens is 1. The summed E-state index contributed by atoms with van der Waals surface area (Å²) < 4.78 is 13.0. The molecule has 5 aromatic rings. The van der Waals surface area contributed by atoms with Crippen LogP contribution in [-0.2, 0) is 12.8 Å². The second kappa shape index (κ2) is 9.42. The van der Waals surface area contributed by atoms with Crippen molar-refractivity contribution in [2.75, 3.05) is 5.32 Å². The van der Waals surface area contributed by atoms with E-state index in [1.807, 2.05) is 56.3 Å². The molecule has 4 aromatic carbocycles. The van der Waals surface area contributed by atoms with E-state index in [1.165, 1.54) is 5.56 Å². The third kappa shape index (κ3) is 4.92. The van der Waals surface area contributed by atoms with E-state index in [2.05, 4.69) is 56.4 Å². The number of nitrogens with one attached hydrogen (secondary N) is 1. The van der Waals surface area contributed by atoms with Crippen molar-refractivity contribution >= 4 is 22.7 Å². The molecule has 0 saturated carbocycles. The van der Waals surface area contributed by atoms with Gasteiger partial charge in [0, 0.05) is 35.1 Å². The smallest absolute Gasteiger partial charge is 0.255 e. The van der Waals surface area contributed by atoms with E-state index in [1.54, 1.807) is 0 Å². The van der Waals surface area contributed by atoms with Crippen molar-refractivity contribution in [3.05, 3.63) is 112 Å². The maximum atomic E-state index is 13.0. The molecule has 5 nitrogen and oxygen atoms in total. The number of oxazole rings is 1. The number of aryl methyl sites for hydroxylation is 4. The highest BCUT2D eigenvalue weighted by Crippen LogP contribution is 2.44. The van der Waals surface area contributed by atoms with Gasteiger partial charge in [0.05, 0.1) is 5.69 Å². The van der Waals surface area contributed by atoms with Crippen LogP contribution in [0.4, 0.5) is 5.69 Å². The van der Waals surface area contributed by atoms with E-state index in [4.69, 9.17) is 14.1 Å². The van der Waals surface area contributed by atoms with Crippen molar-refractivity contribution in [2.24, 2.45) is 0 Å². The number of ether oxygens (including phenoxy) is 1. The molecule has 0 aliphatic carbocycles. The molecule has 1 amide bonds. The molecule has 6 rings (SSSR count). The van der Waals surface area contributed by atoms with Gasteiger partial charge in [-0.05, 0) is 82.1 Å². The average molecular weight is 517 g/mol. The fourth-order valence-corrected chi connectivity index (χ4v) is 5.49. The van der Waals surface area contributed by atoms with Gasteiger partial charge in [-0.15, -0.1) is 0 Å². The molecule has 1 aliphatic rings. The van der Waals surface area contributed by atoms with Gasteiger partial charge >= 0.3 is 0 Å². The van der Waals surface area contributed by atoms with Gasteiger partial charge in [0.1, 0.15) is 16.9 Å². The van der Waals surface area contributed by atoms with Gasteiger partial charge in [-0.1, -0.05) is 47.5 Å². The quantitative estimate of drug-likeness (QED) is 0.258. The van der Waals surface area contributed by atoms with Crippen LogP contribution in [0.1, 0.15) is 50.7 Å². The molecule has 1 atom stereocenters. The van der Waals surface area contributed by atoms with Gasteiger partial charge in [0.25, 0.3) is 5.91 Å². The fourth-order valence-electron chi connectivity index (χ4n) is 5.49. The van der Waals surface area contributed by atoms with Crippen molar-refractivity contribution in [1.82, 2.24) is 4.98 Å². The lowest BCUT2D eigenvalue weighted by Crippen LogP contribution is -2.33. The first kappa shape index (κ1) is 24.9. The van der Waals surface area contributed by atoms with Crippen LogP contribution in [0.15, 0.2) is 77.2 Å². The van der Waals surface area contributed by atoms with Crippen LogP contribution in [0.3, 0.4) is 0 Å². The predicted octanol–water partition coefficient (Wildman–Crippen LogP) is 7.92. The SMILES string of the molecule is Cc1ccc(C(=O)Nc2cc(C)cc3c2OC(C)(Cc2cc(C)cc4nc(-c5ccc(C)cc5)oc24)C3)cc1. The Kier molecular flexibility index (Phi) is 6.02. The summed E-state index contributed by atoms with van der Waals surface area (Å²) in [5, 5.41) is 3.09. The van der Waals surface area contributed by atoms with Crippen LogP contribution >= 0.6 is 0 Å². The number of hydrogen-bond acceptors (Lipinski definition) is 4. The maximum absolute atomic E-state index is 13.0. The zero-order chi connectivity index (χ0) is 27.3. The lowest BCUT2D eigenvalue weighted by Gasteiger charge is -2.25. The minimum Gasteiger partial charge on any atom is -0.484 e. The number of nitrogens with zero attached hydrogens (tertiary/aromatic N) is 1. The molecular weight excluding hydrogens is 484 g/mol. The monoisotopic (exact) mass is 516 g/mol. The average Bonchev–Trinajstić information content (AvgIpc) is 3.45. The van der Waals surface area contributed by atoms with Crippen LogP contribution in [-0.4, -0.2) is 16.5 Å². The Bertz CT molecular complexity index is 1710. The minimum atomic E-state index is -0.503. The second-order valence-electron chi connectivity index (χ2n) is 11.2. The van der Waals surface area contributed by atoms with Gasteiger partial charge in [-0.2, -0.15) is 0 Å². The molecule has 0 spiro atoms. The van der Waals surface area contributed by atoms with E-state index < -0.39 is 5.60 Å². The van der Waals surface area contributed by atoms with Crippen molar-refractivity contribution in [1.29, 1.82) is 0 Å². The van der Waals surface area contributed by atoms with Gasteiger partial charge in [-0.3, -0.25) is 4.79 Å². The molecule has 1 aromatic heterocycles. The largest absolute Gasteiger partial charge is 0.484 e. The van der Waals surface area contributed by atoms with Crippen LogP contribution in [0.2, 0.25) is 0 Å². The first-order chi connectivity index (χ1) is 18.7. The number of rotatable bonds is 5. The second-order valence-corrected chi connectivity index (χ2v) is 11.2. The number of carbonyl (C=O) groups is 1. The highest BCUT2D eigenvalue weighted by Gasteiger charge is 2.38. The Morgan fingerprint density at radius 2 is 1.54 bits per heavy atom. The lowest BCUT2D eigenvalue weighted by atomic mass is 9.90. The maximum Gasteiger partial charge on any atom is 0.255 e. The zero-order valence-corrected chi connectivity index (χ0v) is 23.0. The van der Waals surface area contributed by atoms with E-state index in [9.17, 15) is 4.79 Å². The summed E-state index contributed by atoms with van der Waals surface area (Å²) in [6, 6.07) is 24.1. The van der Waals surface area contributed by atoms with Crippen LogP contribution in [0.25, 0.3) is 22.6 Å². The van der Waals surface area contributed by atoms with Gasteiger partial charge < -0.3 is 14.5 Å². The summed E-state index contributed by atoms with van der Waals surface area (Å²) in [6.07, 6.45) is 1.37. The van der Waals surface area contributed by atoms with E-state index in [0.29, 0.717) is 23.6 Å². The Morgan fingerprint density at radius 3 is 2.26 bits per heavy atom. The van der Waals surface area contributed by atoms with Crippen LogP contribution in [0, 0.1) is 27.7 Å². The molecule has 1 aliphatic heterocycles. The number of fused-ring (bicyclic) bond motifs is 2. The van der Waals surface area contributed by atoms with Crippen molar-refractivity contribution in [2.45, 2.75) is 53.1 Å².